The molecule has 0 aliphatic carbocycles. The molecule has 1 heterocycles. The highest BCUT2D eigenvalue weighted by Gasteiger charge is 2.37. The first-order valence-electron chi connectivity index (χ1n) is 8.43. The van der Waals surface area contributed by atoms with Crippen molar-refractivity contribution in [1.29, 1.82) is 0 Å². The van der Waals surface area contributed by atoms with E-state index in [2.05, 4.69) is 25.0 Å². The molecule has 2 amide bonds. The van der Waals surface area contributed by atoms with E-state index in [1.807, 2.05) is 0 Å². The molecule has 1 saturated heterocycles. The Labute approximate surface area is 145 Å². The van der Waals surface area contributed by atoms with E-state index in [1.54, 1.807) is 20.8 Å². The van der Waals surface area contributed by atoms with Gasteiger partial charge >= 0.3 is 12.2 Å². The molecule has 0 radical (unpaired) electrons. The highest BCUT2D eigenvalue weighted by molar-refractivity contribution is 6.76. The molecule has 0 aromatic heterocycles. The molecule has 0 aromatic rings. The Morgan fingerprint density at radius 3 is 2.38 bits per heavy atom. The molecule has 1 aliphatic rings. The van der Waals surface area contributed by atoms with E-state index < -0.39 is 25.9 Å². The lowest BCUT2D eigenvalue weighted by Gasteiger charge is -2.24. The topological polar surface area (TPSA) is 88.1 Å². The van der Waals surface area contributed by atoms with Crippen LogP contribution in [-0.2, 0) is 9.47 Å². The van der Waals surface area contributed by atoms with Crippen molar-refractivity contribution in [3.63, 3.8) is 0 Å². The summed E-state index contributed by atoms with van der Waals surface area (Å²) in [5.74, 6) is -0.220. The third-order valence-corrected chi connectivity index (χ3v) is 5.42. The van der Waals surface area contributed by atoms with Crippen LogP contribution in [0.5, 0.6) is 0 Å². The molecule has 0 aromatic carbocycles. The van der Waals surface area contributed by atoms with Crippen LogP contribution in [0.2, 0.25) is 25.7 Å². The van der Waals surface area contributed by atoms with Crippen LogP contribution in [-0.4, -0.2) is 68.2 Å². The van der Waals surface area contributed by atoms with Gasteiger partial charge in [-0.15, -0.1) is 0 Å². The molecule has 2 atom stereocenters. The summed E-state index contributed by atoms with van der Waals surface area (Å²) in [6.07, 6.45) is -0.930. The van der Waals surface area contributed by atoms with E-state index >= 15 is 0 Å². The summed E-state index contributed by atoms with van der Waals surface area (Å²) in [6, 6.07) is 0.570. The first kappa shape index (κ1) is 20.8. The highest BCUT2D eigenvalue weighted by atomic mass is 28.3. The fourth-order valence-electron chi connectivity index (χ4n) is 2.34. The molecule has 0 spiro atoms. The fourth-order valence-corrected chi connectivity index (χ4v) is 3.05. The van der Waals surface area contributed by atoms with E-state index in [4.69, 9.17) is 9.47 Å². The minimum atomic E-state index is -1.25. The van der Waals surface area contributed by atoms with Gasteiger partial charge < -0.3 is 24.8 Å². The Morgan fingerprint density at radius 2 is 1.88 bits per heavy atom. The summed E-state index contributed by atoms with van der Waals surface area (Å²) >= 11 is 0. The van der Waals surface area contributed by atoms with Gasteiger partial charge in [-0.2, -0.15) is 0 Å². The zero-order valence-electron chi connectivity index (χ0n) is 15.7. The van der Waals surface area contributed by atoms with Gasteiger partial charge in [-0.3, -0.25) is 0 Å². The molecule has 24 heavy (non-hydrogen) atoms. The number of amides is 2. The number of likely N-dealkylation sites (tertiary alicyclic amines) is 1. The lowest BCUT2D eigenvalue weighted by molar-refractivity contribution is 0.0281. The normalized spacial score (nSPS) is 21.5. The maximum atomic E-state index is 12.1. The van der Waals surface area contributed by atoms with Gasteiger partial charge in [0, 0.05) is 33.7 Å². The predicted molar refractivity (Wildman–Crippen MR) is 94.8 cm³/mol. The van der Waals surface area contributed by atoms with Gasteiger partial charge in [-0.25, -0.2) is 9.59 Å². The minimum absolute atomic E-state index is 0.112. The van der Waals surface area contributed by atoms with Gasteiger partial charge in [-0.1, -0.05) is 19.6 Å². The number of aliphatic hydroxyl groups excluding tert-OH is 1. The Kier molecular flexibility index (Phi) is 7.09. The van der Waals surface area contributed by atoms with Crippen LogP contribution in [0.4, 0.5) is 9.59 Å². The molecule has 8 heteroatoms. The molecule has 1 aliphatic heterocycles. The average molecular weight is 361 g/mol. The van der Waals surface area contributed by atoms with Gasteiger partial charge in [0.15, 0.2) is 0 Å². The number of carbonyl (C=O) groups excluding carboxylic acids is 2. The molecule has 1 fully saturated rings. The quantitative estimate of drug-likeness (QED) is 0.734. The highest BCUT2D eigenvalue weighted by Crippen LogP contribution is 2.20. The molecule has 2 unspecified atom stereocenters. The first-order chi connectivity index (χ1) is 10.9. The molecule has 0 saturated carbocycles. The van der Waals surface area contributed by atoms with E-state index in [9.17, 15) is 14.7 Å². The smallest absolute Gasteiger partial charge is 0.410 e. The van der Waals surface area contributed by atoms with Crippen molar-refractivity contribution in [2.45, 2.75) is 58.1 Å². The summed E-state index contributed by atoms with van der Waals surface area (Å²) in [6.45, 7) is 13.0. The number of nitrogens with zero attached hydrogens (tertiary/aromatic N) is 1. The lowest BCUT2D eigenvalue weighted by Crippen LogP contribution is -2.43. The van der Waals surface area contributed by atoms with Crippen LogP contribution in [0.25, 0.3) is 0 Å². The standard InChI is InChI=1S/C16H32N2O5Si/c1-16(2,3)23-15(21)18-9-12(11-19)13(10-18)17-14(20)22-7-8-24(4,5)6/h12-13,19H,7-11H2,1-6H3,(H,17,20). The third-order valence-electron chi connectivity index (χ3n) is 3.72. The van der Waals surface area contributed by atoms with Crippen LogP contribution in [0.15, 0.2) is 0 Å². The van der Waals surface area contributed by atoms with Crippen molar-refractivity contribution in [3.8, 4) is 0 Å². The Hall–Kier alpha value is -1.28. The Morgan fingerprint density at radius 1 is 1.25 bits per heavy atom. The van der Waals surface area contributed by atoms with Gasteiger partial charge in [0.1, 0.15) is 5.60 Å². The fraction of sp³-hybridized carbons (Fsp3) is 0.875. The number of rotatable bonds is 5. The summed E-state index contributed by atoms with van der Waals surface area (Å²) in [7, 11) is -1.25. The number of hydrogen-bond donors (Lipinski definition) is 2. The van der Waals surface area contributed by atoms with Gasteiger partial charge in [0.05, 0.1) is 12.6 Å². The molecule has 2 N–H and O–H groups in total. The minimum Gasteiger partial charge on any atom is -0.450 e. The summed E-state index contributed by atoms with van der Waals surface area (Å²) in [4.78, 5) is 25.5. The summed E-state index contributed by atoms with van der Waals surface area (Å²) in [5.41, 5.74) is -0.576. The number of hydrogen-bond acceptors (Lipinski definition) is 5. The van der Waals surface area contributed by atoms with Crippen LogP contribution in [0.1, 0.15) is 20.8 Å². The molecule has 7 nitrogen and oxygen atoms in total. The monoisotopic (exact) mass is 360 g/mol. The lowest BCUT2D eigenvalue weighted by atomic mass is 10.1. The van der Waals surface area contributed by atoms with Crippen LogP contribution in [0.3, 0.4) is 0 Å². The zero-order valence-corrected chi connectivity index (χ0v) is 16.7. The summed E-state index contributed by atoms with van der Waals surface area (Å²) < 4.78 is 10.6. The van der Waals surface area contributed by atoms with E-state index in [-0.39, 0.29) is 18.6 Å². The van der Waals surface area contributed by atoms with Crippen LogP contribution >= 0.6 is 0 Å². The van der Waals surface area contributed by atoms with E-state index in [1.165, 1.54) is 4.90 Å². The van der Waals surface area contributed by atoms with Crippen LogP contribution < -0.4 is 5.32 Å². The second-order valence-corrected chi connectivity index (χ2v) is 14.1. The SMILES string of the molecule is CC(C)(C)OC(=O)N1CC(CO)C(NC(=O)OCC[Si](C)(C)C)C1. The number of ether oxygens (including phenoxy) is 2. The second kappa shape index (κ2) is 8.20. The molecular formula is C16H32N2O5Si. The largest absolute Gasteiger partial charge is 0.450 e. The molecule has 1 rings (SSSR count). The van der Waals surface area contributed by atoms with Crippen molar-refractivity contribution in [3.05, 3.63) is 0 Å². The molecule has 140 valence electrons. The van der Waals surface area contributed by atoms with E-state index in [0.717, 1.165) is 6.04 Å². The van der Waals surface area contributed by atoms with Gasteiger partial charge in [0.25, 0.3) is 0 Å². The van der Waals surface area contributed by atoms with Gasteiger partial charge in [-0.05, 0) is 26.8 Å². The summed E-state index contributed by atoms with van der Waals surface area (Å²) in [5, 5.41) is 12.3. The van der Waals surface area contributed by atoms with Crippen molar-refractivity contribution >= 4 is 20.3 Å². The first-order valence-corrected chi connectivity index (χ1v) is 12.1. The van der Waals surface area contributed by atoms with E-state index in [0.29, 0.717) is 19.7 Å². The maximum Gasteiger partial charge on any atom is 0.410 e. The second-order valence-electron chi connectivity index (χ2n) is 8.53. The predicted octanol–water partition coefficient (Wildman–Crippen LogP) is 2.28. The number of aliphatic hydroxyl groups is 1. The van der Waals surface area contributed by atoms with Crippen molar-refractivity contribution in [2.75, 3.05) is 26.3 Å². The van der Waals surface area contributed by atoms with Crippen molar-refractivity contribution in [2.24, 2.45) is 5.92 Å². The number of carbonyl (C=O) groups is 2. The third kappa shape index (κ3) is 7.52. The van der Waals surface area contributed by atoms with Crippen LogP contribution in [0, 0.1) is 5.92 Å². The molecular weight excluding hydrogens is 328 g/mol. The Bertz CT molecular complexity index is 445. The average Bonchev–Trinajstić information content (AvgIpc) is 2.78. The number of nitrogens with one attached hydrogen (secondary N) is 1. The molecule has 0 bridgehead atoms. The maximum absolute atomic E-state index is 12.1. The zero-order chi connectivity index (χ0) is 18.5. The Balaban J connectivity index is 2.49. The van der Waals surface area contributed by atoms with Crippen molar-refractivity contribution < 1.29 is 24.2 Å². The van der Waals surface area contributed by atoms with Crippen molar-refractivity contribution in [1.82, 2.24) is 10.2 Å². The number of alkyl carbamates (subject to hydrolysis) is 1. The van der Waals surface area contributed by atoms with Gasteiger partial charge in [0.2, 0.25) is 0 Å².